The molecule has 1 saturated heterocycles. The molecule has 5 rings (SSSR count). The zero-order valence-electron chi connectivity index (χ0n) is 17.3. The zero-order chi connectivity index (χ0) is 21.5. The number of hydrogen-bond acceptors (Lipinski definition) is 6. The van der Waals surface area contributed by atoms with Crippen LogP contribution in [0.3, 0.4) is 0 Å². The molecule has 31 heavy (non-hydrogen) atoms. The van der Waals surface area contributed by atoms with Crippen LogP contribution in [-0.2, 0) is 0 Å². The number of aromatic amines is 1. The number of carbonyl (C=O) groups is 1. The first kappa shape index (κ1) is 19.1. The average molecular weight is 418 g/mol. The van der Waals surface area contributed by atoms with E-state index in [1.807, 2.05) is 23.1 Å². The number of H-pyrrole nitrogens is 1. The first-order valence-corrected chi connectivity index (χ1v) is 10.2. The Morgan fingerprint density at radius 1 is 1.26 bits per heavy atom. The molecule has 4 heterocycles. The van der Waals surface area contributed by atoms with Crippen molar-refractivity contribution in [3.8, 4) is 0 Å². The minimum absolute atomic E-state index is 0.0216. The Labute approximate surface area is 178 Å². The van der Waals surface area contributed by atoms with Crippen molar-refractivity contribution in [3.05, 3.63) is 58.3 Å². The molecule has 10 nitrogen and oxygen atoms in total. The predicted octanol–water partition coefficient (Wildman–Crippen LogP) is 3.03. The van der Waals surface area contributed by atoms with Gasteiger partial charge in [0.2, 0.25) is 0 Å². The van der Waals surface area contributed by atoms with Gasteiger partial charge in [0.15, 0.2) is 5.70 Å². The van der Waals surface area contributed by atoms with E-state index in [1.165, 1.54) is 0 Å². The van der Waals surface area contributed by atoms with E-state index < -0.39 is 0 Å². The van der Waals surface area contributed by atoms with Gasteiger partial charge >= 0.3 is 6.03 Å². The number of benzene rings is 1. The molecule has 2 aromatic heterocycles. The summed E-state index contributed by atoms with van der Waals surface area (Å²) in [5.41, 5.74) is 4.58. The summed E-state index contributed by atoms with van der Waals surface area (Å²) >= 11 is 0. The summed E-state index contributed by atoms with van der Waals surface area (Å²) in [5, 5.41) is 18.7. The summed E-state index contributed by atoms with van der Waals surface area (Å²) in [6, 6.07) is 5.72. The number of carbonyl (C=O) groups excluding carboxylic acids is 1. The van der Waals surface area contributed by atoms with Crippen molar-refractivity contribution in [1.82, 2.24) is 30.3 Å². The Morgan fingerprint density at radius 2 is 2.06 bits per heavy atom. The number of piperidine rings is 1. The minimum Gasteiger partial charge on any atom is -0.354 e. The van der Waals surface area contributed by atoms with Gasteiger partial charge in [0.05, 0.1) is 18.7 Å². The number of allylic oxidation sites excluding steroid dienone is 2. The van der Waals surface area contributed by atoms with Crippen molar-refractivity contribution >= 4 is 22.9 Å². The Kier molecular flexibility index (Phi) is 4.58. The maximum absolute atomic E-state index is 12.3. The molecule has 1 fully saturated rings. The number of rotatable bonds is 2. The highest BCUT2D eigenvalue weighted by molar-refractivity contribution is 5.80. The highest BCUT2D eigenvalue weighted by Crippen LogP contribution is 2.45. The third kappa shape index (κ3) is 3.09. The maximum atomic E-state index is 12.3. The third-order valence-corrected chi connectivity index (χ3v) is 6.09. The van der Waals surface area contributed by atoms with Crippen molar-refractivity contribution in [2.24, 2.45) is 5.92 Å². The lowest BCUT2D eigenvalue weighted by Gasteiger charge is -2.37. The van der Waals surface area contributed by atoms with Gasteiger partial charge in [0.25, 0.3) is 0 Å². The van der Waals surface area contributed by atoms with Gasteiger partial charge in [-0.3, -0.25) is 5.10 Å². The van der Waals surface area contributed by atoms with Gasteiger partial charge in [0.1, 0.15) is 16.9 Å². The number of likely N-dealkylation sites (tertiary alicyclic amines) is 1. The monoisotopic (exact) mass is 418 g/mol. The molecule has 0 bridgehead atoms. The van der Waals surface area contributed by atoms with Crippen LogP contribution in [0.1, 0.15) is 29.9 Å². The summed E-state index contributed by atoms with van der Waals surface area (Å²) < 4.78 is 4.96. The van der Waals surface area contributed by atoms with E-state index in [0.29, 0.717) is 29.8 Å². The number of urea groups is 1. The van der Waals surface area contributed by atoms with E-state index in [9.17, 15) is 4.79 Å². The number of amides is 2. The molecule has 2 amide bonds. The fourth-order valence-corrected chi connectivity index (χ4v) is 4.57. The van der Waals surface area contributed by atoms with E-state index in [-0.39, 0.29) is 17.9 Å². The van der Waals surface area contributed by atoms with E-state index >= 15 is 0 Å². The van der Waals surface area contributed by atoms with Crippen LogP contribution in [0, 0.1) is 12.5 Å². The average Bonchev–Trinajstić information content (AvgIpc) is 3.46. The Bertz CT molecular complexity index is 1210. The minimum atomic E-state index is -0.320. The molecule has 0 radical (unpaired) electrons. The first-order valence-electron chi connectivity index (χ1n) is 10.2. The predicted molar refractivity (Wildman–Crippen MR) is 113 cm³/mol. The van der Waals surface area contributed by atoms with Gasteiger partial charge in [-0.05, 0) is 40.7 Å². The highest BCUT2D eigenvalue weighted by Gasteiger charge is 2.37. The summed E-state index contributed by atoms with van der Waals surface area (Å²) in [7, 11) is 3.53. The van der Waals surface area contributed by atoms with Gasteiger partial charge < -0.3 is 15.1 Å². The van der Waals surface area contributed by atoms with Crippen LogP contribution in [0.15, 0.2) is 40.4 Å². The van der Waals surface area contributed by atoms with Gasteiger partial charge in [-0.1, -0.05) is 12.1 Å². The van der Waals surface area contributed by atoms with Gasteiger partial charge in [-0.25, -0.2) is 14.3 Å². The molecule has 1 aromatic carbocycles. The maximum Gasteiger partial charge on any atom is 0.319 e. The van der Waals surface area contributed by atoms with Crippen molar-refractivity contribution in [1.29, 1.82) is 0 Å². The fourth-order valence-electron chi connectivity index (χ4n) is 4.57. The molecule has 10 heteroatoms. The number of nitrogens with zero attached hydrogens (tertiary/aromatic N) is 6. The normalized spacial score (nSPS) is 19.1. The molecule has 1 unspecified atom stereocenters. The zero-order valence-corrected chi connectivity index (χ0v) is 17.3. The second-order valence-electron chi connectivity index (χ2n) is 8.09. The molecule has 158 valence electrons. The standard InChI is InChI=1S/C21H22N8O2/c1-22-19-16(13-5-4-6-15-18(13)27-31-26-15)14-11-23-25-20(14)24-17(19)12-7-9-29(10-8-12)21(30)28(2)3/h4-6,11-12,16H,7-10H2,2-3H3,(H2,23,24,25). The molecule has 3 aromatic rings. The molecular weight excluding hydrogens is 396 g/mol. The summed E-state index contributed by atoms with van der Waals surface area (Å²) in [5.74, 6) is 0.607. The lowest BCUT2D eigenvalue weighted by Crippen LogP contribution is -2.44. The van der Waals surface area contributed by atoms with Crippen LogP contribution >= 0.6 is 0 Å². The lowest BCUT2D eigenvalue weighted by molar-refractivity contribution is 0.152. The van der Waals surface area contributed by atoms with Gasteiger partial charge in [-0.2, -0.15) is 5.10 Å². The van der Waals surface area contributed by atoms with E-state index in [4.69, 9.17) is 11.2 Å². The Hall–Kier alpha value is -3.87. The van der Waals surface area contributed by atoms with Crippen molar-refractivity contribution < 1.29 is 9.42 Å². The Morgan fingerprint density at radius 3 is 2.81 bits per heavy atom. The number of fused-ring (bicyclic) bond motifs is 2. The SMILES string of the molecule is [C-]#[N+]C1=C(C2CCN(C(=O)N(C)C)CC2)Nc2[nH]ncc2C1c1cccc2nonc12. The van der Waals surface area contributed by atoms with Crippen molar-refractivity contribution in [2.75, 3.05) is 32.5 Å². The second kappa shape index (κ2) is 7.43. The van der Waals surface area contributed by atoms with Crippen LogP contribution in [0.2, 0.25) is 0 Å². The summed E-state index contributed by atoms with van der Waals surface area (Å²) in [6.07, 6.45) is 3.32. The number of anilines is 1. The number of aromatic nitrogens is 4. The highest BCUT2D eigenvalue weighted by atomic mass is 16.6. The van der Waals surface area contributed by atoms with Crippen LogP contribution in [0.4, 0.5) is 10.6 Å². The van der Waals surface area contributed by atoms with Crippen LogP contribution in [-0.4, -0.2) is 63.5 Å². The molecule has 0 saturated carbocycles. The van der Waals surface area contributed by atoms with Crippen LogP contribution in [0.25, 0.3) is 15.9 Å². The number of hydrogen-bond donors (Lipinski definition) is 2. The molecule has 0 aliphatic carbocycles. The molecular formula is C21H22N8O2. The van der Waals surface area contributed by atoms with Gasteiger partial charge in [0, 0.05) is 38.4 Å². The van der Waals surface area contributed by atoms with Crippen molar-refractivity contribution in [3.63, 3.8) is 0 Å². The molecule has 0 spiro atoms. The fraction of sp³-hybridized carbons (Fsp3) is 0.381. The molecule has 2 aliphatic rings. The van der Waals surface area contributed by atoms with E-state index in [0.717, 1.165) is 35.5 Å². The van der Waals surface area contributed by atoms with E-state index in [2.05, 4.69) is 30.7 Å². The van der Waals surface area contributed by atoms with Crippen LogP contribution < -0.4 is 5.32 Å². The molecule has 2 N–H and O–H groups in total. The van der Waals surface area contributed by atoms with Gasteiger partial charge in [-0.15, -0.1) is 0 Å². The van der Waals surface area contributed by atoms with Crippen molar-refractivity contribution in [2.45, 2.75) is 18.8 Å². The second-order valence-corrected chi connectivity index (χ2v) is 8.09. The number of nitrogens with one attached hydrogen (secondary N) is 2. The first-order chi connectivity index (χ1) is 15.1. The molecule has 1 atom stereocenters. The topological polar surface area (TPSA) is 108 Å². The third-order valence-electron chi connectivity index (χ3n) is 6.09. The summed E-state index contributed by atoms with van der Waals surface area (Å²) in [6.45, 7) is 9.33. The van der Waals surface area contributed by atoms with Crippen LogP contribution in [0.5, 0.6) is 0 Å². The molecule has 2 aliphatic heterocycles. The summed E-state index contributed by atoms with van der Waals surface area (Å²) in [4.78, 5) is 19.7. The quantitative estimate of drug-likeness (QED) is 0.620. The largest absolute Gasteiger partial charge is 0.354 e. The van der Waals surface area contributed by atoms with E-state index in [1.54, 1.807) is 25.2 Å². The Balaban J connectivity index is 1.54. The smallest absolute Gasteiger partial charge is 0.319 e. The lowest BCUT2D eigenvalue weighted by atomic mass is 9.81.